The van der Waals surface area contributed by atoms with Crippen LogP contribution in [0, 0.1) is 0 Å². The van der Waals surface area contributed by atoms with Crippen LogP contribution in [0.3, 0.4) is 0 Å². The third-order valence-corrected chi connectivity index (χ3v) is 10.1. The molecule has 0 amide bonds. The third-order valence-electron chi connectivity index (χ3n) is 9.22. The molecular weight excluding hydrogens is 547 g/mol. The highest BCUT2D eigenvalue weighted by Gasteiger charge is 2.38. The Hall–Kier alpha value is -4.28. The lowest BCUT2D eigenvalue weighted by Gasteiger charge is -2.43. The number of ketones is 2. The van der Waals surface area contributed by atoms with Crippen LogP contribution in [0.4, 0.5) is 17.1 Å². The van der Waals surface area contributed by atoms with E-state index < -0.39 is 0 Å². The molecule has 0 atom stereocenters. The van der Waals surface area contributed by atoms with Crippen LogP contribution in [0.15, 0.2) is 89.8 Å². The van der Waals surface area contributed by atoms with E-state index in [4.69, 9.17) is 0 Å². The maximum absolute atomic E-state index is 13.6. The minimum atomic E-state index is -0.181. The molecule has 43 heavy (non-hydrogen) atoms. The summed E-state index contributed by atoms with van der Waals surface area (Å²) >= 11 is 1.59. The first-order chi connectivity index (χ1) is 20.6. The summed E-state index contributed by atoms with van der Waals surface area (Å²) in [7, 11) is 0. The van der Waals surface area contributed by atoms with Crippen LogP contribution in [0.2, 0.25) is 0 Å². The zero-order chi connectivity index (χ0) is 30.2. The zero-order valence-corrected chi connectivity index (χ0v) is 26.3. The number of Topliss-reactive ketones (excluding diaryl/α,β-unsaturated/α-hetero) is 2. The molecule has 3 nitrogen and oxygen atoms in total. The van der Waals surface area contributed by atoms with Crippen molar-refractivity contribution in [2.75, 3.05) is 4.90 Å². The lowest BCUT2D eigenvalue weighted by atomic mass is 9.73. The number of rotatable bonds is 4. The highest BCUT2D eigenvalue weighted by molar-refractivity contribution is 7.17. The molecule has 0 unspecified atom stereocenters. The van der Waals surface area contributed by atoms with Crippen LogP contribution in [-0.4, -0.2) is 11.6 Å². The Kier molecular flexibility index (Phi) is 6.33. The molecule has 2 heterocycles. The maximum Gasteiger partial charge on any atom is 0.197 e. The highest BCUT2D eigenvalue weighted by atomic mass is 32.1. The first-order valence-electron chi connectivity index (χ1n) is 15.1. The smallest absolute Gasteiger partial charge is 0.197 e. The topological polar surface area (TPSA) is 37.4 Å². The molecule has 1 aliphatic heterocycles. The summed E-state index contributed by atoms with van der Waals surface area (Å²) in [5.41, 5.74) is 10.5. The van der Waals surface area contributed by atoms with Crippen LogP contribution < -0.4 is 4.90 Å². The van der Waals surface area contributed by atoms with Crippen LogP contribution in [0.25, 0.3) is 16.2 Å². The van der Waals surface area contributed by atoms with E-state index in [-0.39, 0.29) is 34.4 Å². The van der Waals surface area contributed by atoms with E-state index >= 15 is 0 Å². The second kappa shape index (κ2) is 9.89. The Morgan fingerprint density at radius 3 is 1.88 bits per heavy atom. The summed E-state index contributed by atoms with van der Waals surface area (Å²) in [6.45, 7) is 13.4. The predicted octanol–water partition coefficient (Wildman–Crippen LogP) is 10.7. The average Bonchev–Trinajstić information content (AvgIpc) is 3.54. The van der Waals surface area contributed by atoms with E-state index in [2.05, 4.69) is 107 Å². The fourth-order valence-electron chi connectivity index (χ4n) is 6.91. The standard InChI is InChI=1S/C39H35NO2S/c1-22(2)26-20-35(40-33-13-9-7-11-31(33)39(5,6)32-12-8-10-14-34(32)40)27(23(3)4)18-25(26)19-30-37(41)28-17-24-15-16-43-36(24)21-29(28)38(30)42/h7-23H,1-6H3/b30-19-. The maximum atomic E-state index is 13.6. The van der Waals surface area contributed by atoms with E-state index in [9.17, 15) is 9.59 Å². The van der Waals surface area contributed by atoms with Crippen molar-refractivity contribution in [3.05, 3.63) is 129 Å². The molecule has 1 aromatic heterocycles. The van der Waals surface area contributed by atoms with Gasteiger partial charge in [-0.25, -0.2) is 0 Å². The van der Waals surface area contributed by atoms with Crippen LogP contribution >= 0.6 is 11.3 Å². The van der Waals surface area contributed by atoms with Gasteiger partial charge in [-0.1, -0.05) is 77.9 Å². The van der Waals surface area contributed by atoms with Gasteiger partial charge in [0.1, 0.15) is 0 Å². The molecule has 1 aliphatic carbocycles. The molecule has 0 fully saturated rings. The summed E-state index contributed by atoms with van der Waals surface area (Å²) in [6.07, 6.45) is 1.85. The Morgan fingerprint density at radius 1 is 0.698 bits per heavy atom. The predicted molar refractivity (Wildman–Crippen MR) is 180 cm³/mol. The molecule has 4 heteroatoms. The molecule has 0 N–H and O–H groups in total. The van der Waals surface area contributed by atoms with Gasteiger partial charge >= 0.3 is 0 Å². The number of hydrogen-bond donors (Lipinski definition) is 0. The van der Waals surface area contributed by atoms with Crippen molar-refractivity contribution >= 4 is 56.1 Å². The molecule has 0 spiro atoms. The number of nitrogens with zero attached hydrogens (tertiary/aromatic N) is 1. The van der Waals surface area contributed by atoms with Gasteiger partial charge in [-0.05, 0) is 99.0 Å². The molecule has 0 saturated carbocycles. The van der Waals surface area contributed by atoms with Crippen molar-refractivity contribution in [1.29, 1.82) is 0 Å². The number of anilines is 3. The zero-order valence-electron chi connectivity index (χ0n) is 25.5. The number of benzene rings is 4. The summed E-state index contributed by atoms with van der Waals surface area (Å²) < 4.78 is 1.03. The number of fused-ring (bicyclic) bond motifs is 4. The number of para-hydroxylation sites is 2. The fraction of sp³-hybridized carbons (Fsp3) is 0.231. The van der Waals surface area contributed by atoms with E-state index in [0.29, 0.717) is 11.1 Å². The van der Waals surface area contributed by atoms with E-state index in [1.165, 1.54) is 28.1 Å². The van der Waals surface area contributed by atoms with Gasteiger partial charge in [0.15, 0.2) is 11.6 Å². The molecule has 0 bridgehead atoms. The number of allylic oxidation sites excluding steroid dienone is 1. The van der Waals surface area contributed by atoms with Crippen LogP contribution in [0.1, 0.15) is 102 Å². The molecule has 214 valence electrons. The number of thiophene rings is 1. The number of carbonyl (C=O) groups excluding carboxylic acids is 2. The van der Waals surface area contributed by atoms with E-state index in [0.717, 1.165) is 26.9 Å². The first kappa shape index (κ1) is 27.5. The highest BCUT2D eigenvalue weighted by Crippen LogP contribution is 2.53. The van der Waals surface area contributed by atoms with E-state index in [1.807, 2.05) is 29.7 Å². The minimum absolute atomic E-state index is 0.139. The number of hydrogen-bond acceptors (Lipinski definition) is 4. The van der Waals surface area contributed by atoms with Gasteiger partial charge in [0, 0.05) is 26.9 Å². The lowest BCUT2D eigenvalue weighted by Crippen LogP contribution is -2.31. The van der Waals surface area contributed by atoms with Crippen LogP contribution in [0.5, 0.6) is 0 Å². The van der Waals surface area contributed by atoms with E-state index in [1.54, 1.807) is 11.3 Å². The SMILES string of the molecule is CC(C)c1cc(N2c3ccccc3C(C)(C)c3ccccc32)c(C(C)C)cc1/C=C1/C(=O)c2cc3ccsc3cc2C1=O. The van der Waals surface area contributed by atoms with Gasteiger partial charge in [-0.15, -0.1) is 11.3 Å². The van der Waals surface area contributed by atoms with Crippen molar-refractivity contribution in [2.45, 2.75) is 58.8 Å². The summed E-state index contributed by atoms with van der Waals surface area (Å²) in [5.74, 6) is 0.0276. The number of carbonyl (C=O) groups is 2. The normalized spacial score (nSPS) is 16.4. The Labute approximate surface area is 257 Å². The first-order valence-corrected chi connectivity index (χ1v) is 15.9. The largest absolute Gasteiger partial charge is 0.310 e. The molecular formula is C39H35NO2S. The van der Waals surface area contributed by atoms with Crippen molar-refractivity contribution in [2.24, 2.45) is 0 Å². The Balaban J connectivity index is 1.43. The fourth-order valence-corrected chi connectivity index (χ4v) is 7.72. The second-order valence-corrected chi connectivity index (χ2v) is 13.9. The second-order valence-electron chi connectivity index (χ2n) is 12.9. The molecule has 0 saturated heterocycles. The molecule has 7 rings (SSSR count). The van der Waals surface area contributed by atoms with Crippen molar-refractivity contribution < 1.29 is 9.59 Å². The van der Waals surface area contributed by atoms with Crippen molar-refractivity contribution in [3.63, 3.8) is 0 Å². The monoisotopic (exact) mass is 581 g/mol. The van der Waals surface area contributed by atoms with Gasteiger partial charge in [0.2, 0.25) is 0 Å². The molecule has 2 aliphatic rings. The van der Waals surface area contributed by atoms with Crippen molar-refractivity contribution in [1.82, 2.24) is 0 Å². The van der Waals surface area contributed by atoms with Gasteiger partial charge in [-0.2, -0.15) is 0 Å². The molecule has 5 aromatic rings. The van der Waals surface area contributed by atoms with Gasteiger partial charge in [-0.3, -0.25) is 9.59 Å². The average molecular weight is 582 g/mol. The van der Waals surface area contributed by atoms with Crippen molar-refractivity contribution in [3.8, 4) is 0 Å². The third kappa shape index (κ3) is 4.15. The molecule has 4 aromatic carbocycles. The Bertz CT molecular complexity index is 1900. The Morgan fingerprint density at radius 2 is 1.28 bits per heavy atom. The minimum Gasteiger partial charge on any atom is -0.310 e. The van der Waals surface area contributed by atoms with Gasteiger partial charge < -0.3 is 4.90 Å². The summed E-state index contributed by atoms with van der Waals surface area (Å²) in [6, 6.07) is 27.7. The quantitative estimate of drug-likeness (QED) is 0.156. The summed E-state index contributed by atoms with van der Waals surface area (Å²) in [5, 5.41) is 3.00. The lowest BCUT2D eigenvalue weighted by molar-refractivity contribution is 0.0990. The van der Waals surface area contributed by atoms with Crippen LogP contribution in [-0.2, 0) is 5.41 Å². The van der Waals surface area contributed by atoms with Gasteiger partial charge in [0.25, 0.3) is 0 Å². The van der Waals surface area contributed by atoms with Gasteiger partial charge in [0.05, 0.1) is 16.9 Å². The molecule has 0 radical (unpaired) electrons. The summed E-state index contributed by atoms with van der Waals surface area (Å²) in [4.78, 5) is 29.7.